The second-order valence-electron chi connectivity index (χ2n) is 6.64. The molecule has 7 heteroatoms. The van der Waals surface area contributed by atoms with Crippen molar-refractivity contribution in [2.75, 3.05) is 36.9 Å². The highest BCUT2D eigenvalue weighted by molar-refractivity contribution is 9.10. The number of carbonyl (C=O) groups is 1. The summed E-state index contributed by atoms with van der Waals surface area (Å²) in [5.74, 6) is 0.979. The van der Waals surface area contributed by atoms with Gasteiger partial charge in [-0.2, -0.15) is 5.10 Å². The standard InChI is InChI=1S/C19H24BrN5O/c1-24(13-10-19(26)22-16-8-6-15(20)7-9-16)14-17-4-3-12-25(17)18-5-2-11-21-23-18/h2,5-9,11,17H,3-4,10,12-14H2,1H3,(H,22,26). The zero-order valence-electron chi connectivity index (χ0n) is 14.9. The minimum absolute atomic E-state index is 0.0383. The summed E-state index contributed by atoms with van der Waals surface area (Å²) in [7, 11) is 2.07. The fourth-order valence-electron chi connectivity index (χ4n) is 3.27. The molecule has 1 aromatic heterocycles. The van der Waals surface area contributed by atoms with Gasteiger partial charge in [0.2, 0.25) is 5.91 Å². The van der Waals surface area contributed by atoms with Crippen molar-refractivity contribution in [3.63, 3.8) is 0 Å². The number of aromatic nitrogens is 2. The van der Waals surface area contributed by atoms with Gasteiger partial charge in [-0.25, -0.2) is 0 Å². The Morgan fingerprint density at radius 1 is 1.35 bits per heavy atom. The Hall–Kier alpha value is -1.99. The van der Waals surface area contributed by atoms with E-state index < -0.39 is 0 Å². The molecule has 1 amide bonds. The van der Waals surface area contributed by atoms with Crippen LogP contribution in [0.15, 0.2) is 47.1 Å². The normalized spacial score (nSPS) is 16.9. The van der Waals surface area contributed by atoms with Crippen molar-refractivity contribution in [3.8, 4) is 0 Å². The average molecular weight is 418 g/mol. The van der Waals surface area contributed by atoms with Gasteiger partial charge in [0.1, 0.15) is 0 Å². The van der Waals surface area contributed by atoms with Gasteiger partial charge in [-0.05, 0) is 56.3 Å². The number of nitrogens with one attached hydrogen (secondary N) is 1. The number of benzene rings is 1. The van der Waals surface area contributed by atoms with Crippen LogP contribution in [0.25, 0.3) is 0 Å². The number of halogens is 1. The monoisotopic (exact) mass is 417 g/mol. The molecule has 6 nitrogen and oxygen atoms in total. The molecule has 1 aliphatic rings. The number of nitrogens with zero attached hydrogens (tertiary/aromatic N) is 4. The third-order valence-electron chi connectivity index (χ3n) is 4.60. The molecule has 26 heavy (non-hydrogen) atoms. The van der Waals surface area contributed by atoms with E-state index in [-0.39, 0.29) is 5.91 Å². The van der Waals surface area contributed by atoms with Crippen LogP contribution in [-0.4, -0.2) is 53.7 Å². The number of hydrogen-bond donors (Lipinski definition) is 1. The number of rotatable bonds is 7. The molecule has 3 rings (SSSR count). The van der Waals surface area contributed by atoms with Gasteiger partial charge in [0, 0.05) is 48.5 Å². The van der Waals surface area contributed by atoms with Crippen molar-refractivity contribution >= 4 is 33.3 Å². The highest BCUT2D eigenvalue weighted by atomic mass is 79.9. The highest BCUT2D eigenvalue weighted by Crippen LogP contribution is 2.23. The second kappa shape index (κ2) is 9.09. The maximum Gasteiger partial charge on any atom is 0.225 e. The van der Waals surface area contributed by atoms with E-state index in [0.29, 0.717) is 12.5 Å². The molecule has 1 fully saturated rings. The molecule has 0 saturated carbocycles. The summed E-state index contributed by atoms with van der Waals surface area (Å²) in [5, 5.41) is 11.2. The van der Waals surface area contributed by atoms with Crippen LogP contribution in [0.5, 0.6) is 0 Å². The fraction of sp³-hybridized carbons (Fsp3) is 0.421. The SMILES string of the molecule is CN(CCC(=O)Nc1ccc(Br)cc1)CC1CCCN1c1cccnn1. The first-order chi connectivity index (χ1) is 12.6. The molecule has 1 N–H and O–H groups in total. The van der Waals surface area contributed by atoms with Crippen LogP contribution >= 0.6 is 15.9 Å². The quantitative estimate of drug-likeness (QED) is 0.749. The lowest BCUT2D eigenvalue weighted by Crippen LogP contribution is -2.40. The number of anilines is 2. The Kier molecular flexibility index (Phi) is 6.57. The van der Waals surface area contributed by atoms with E-state index >= 15 is 0 Å². The first kappa shape index (κ1) is 18.8. The van der Waals surface area contributed by atoms with Crippen LogP contribution < -0.4 is 10.2 Å². The van der Waals surface area contributed by atoms with Crippen LogP contribution in [0, 0.1) is 0 Å². The van der Waals surface area contributed by atoms with E-state index in [1.165, 1.54) is 6.42 Å². The van der Waals surface area contributed by atoms with Gasteiger partial charge in [0.05, 0.1) is 0 Å². The van der Waals surface area contributed by atoms with Crippen LogP contribution in [0.1, 0.15) is 19.3 Å². The summed E-state index contributed by atoms with van der Waals surface area (Å²) in [6.45, 7) is 2.66. The Labute approximate surface area is 162 Å². The van der Waals surface area contributed by atoms with Gasteiger partial charge < -0.3 is 15.1 Å². The van der Waals surface area contributed by atoms with Crippen molar-refractivity contribution < 1.29 is 4.79 Å². The lowest BCUT2D eigenvalue weighted by molar-refractivity contribution is -0.116. The van der Waals surface area contributed by atoms with Crippen LogP contribution in [0.2, 0.25) is 0 Å². The summed E-state index contributed by atoms with van der Waals surface area (Å²) < 4.78 is 0.999. The smallest absolute Gasteiger partial charge is 0.225 e. The van der Waals surface area contributed by atoms with Gasteiger partial charge in [-0.1, -0.05) is 15.9 Å². The van der Waals surface area contributed by atoms with Gasteiger partial charge in [-0.3, -0.25) is 4.79 Å². The Bertz CT molecular complexity index is 710. The molecule has 1 aromatic carbocycles. The fourth-order valence-corrected chi connectivity index (χ4v) is 3.54. The van der Waals surface area contributed by atoms with Gasteiger partial charge in [0.25, 0.3) is 0 Å². The van der Waals surface area contributed by atoms with Crippen molar-refractivity contribution in [2.45, 2.75) is 25.3 Å². The van der Waals surface area contributed by atoms with Crippen molar-refractivity contribution in [3.05, 3.63) is 47.1 Å². The lowest BCUT2D eigenvalue weighted by atomic mass is 10.2. The second-order valence-corrected chi connectivity index (χ2v) is 7.55. The van der Waals surface area contributed by atoms with E-state index in [9.17, 15) is 4.79 Å². The van der Waals surface area contributed by atoms with Gasteiger partial charge in [0.15, 0.2) is 5.82 Å². The van der Waals surface area contributed by atoms with Crippen LogP contribution in [0.3, 0.4) is 0 Å². The summed E-state index contributed by atoms with van der Waals surface area (Å²) in [6, 6.07) is 12.0. The third kappa shape index (κ3) is 5.25. The third-order valence-corrected chi connectivity index (χ3v) is 5.13. The summed E-state index contributed by atoms with van der Waals surface area (Å²) >= 11 is 3.39. The summed E-state index contributed by atoms with van der Waals surface area (Å²) in [5.41, 5.74) is 0.825. The molecule has 138 valence electrons. The molecule has 1 atom stereocenters. The number of amides is 1. The number of likely N-dealkylation sites (N-methyl/N-ethyl adjacent to an activating group) is 1. The Morgan fingerprint density at radius 2 is 2.15 bits per heavy atom. The Morgan fingerprint density at radius 3 is 2.88 bits per heavy atom. The molecule has 1 aliphatic heterocycles. The predicted molar refractivity (Wildman–Crippen MR) is 107 cm³/mol. The van der Waals surface area contributed by atoms with E-state index in [1.807, 2.05) is 36.4 Å². The predicted octanol–water partition coefficient (Wildman–Crippen LogP) is 3.17. The zero-order chi connectivity index (χ0) is 18.4. The van der Waals surface area contributed by atoms with Crippen molar-refractivity contribution in [1.82, 2.24) is 15.1 Å². The van der Waals surface area contributed by atoms with E-state index in [4.69, 9.17) is 0 Å². The minimum Gasteiger partial charge on any atom is -0.351 e. The highest BCUT2D eigenvalue weighted by Gasteiger charge is 2.26. The first-order valence-corrected chi connectivity index (χ1v) is 9.69. The van der Waals surface area contributed by atoms with Crippen LogP contribution in [0.4, 0.5) is 11.5 Å². The summed E-state index contributed by atoms with van der Waals surface area (Å²) in [6.07, 6.45) is 4.49. The lowest BCUT2D eigenvalue weighted by Gasteiger charge is -2.29. The maximum absolute atomic E-state index is 12.1. The topological polar surface area (TPSA) is 61.4 Å². The average Bonchev–Trinajstić information content (AvgIpc) is 3.11. The van der Waals surface area contributed by atoms with Crippen molar-refractivity contribution in [1.29, 1.82) is 0 Å². The van der Waals surface area contributed by atoms with Crippen LogP contribution in [-0.2, 0) is 4.79 Å². The molecule has 2 aromatic rings. The molecule has 0 bridgehead atoms. The molecule has 0 radical (unpaired) electrons. The molecule has 0 aliphatic carbocycles. The molecule has 1 saturated heterocycles. The number of carbonyl (C=O) groups excluding carboxylic acids is 1. The van der Waals surface area contributed by atoms with Gasteiger partial charge >= 0.3 is 0 Å². The Balaban J connectivity index is 1.45. The van der Waals surface area contributed by atoms with E-state index in [2.05, 4.69) is 48.3 Å². The minimum atomic E-state index is 0.0383. The van der Waals surface area contributed by atoms with Crippen molar-refractivity contribution in [2.24, 2.45) is 0 Å². The van der Waals surface area contributed by atoms with E-state index in [1.54, 1.807) is 6.20 Å². The maximum atomic E-state index is 12.1. The molecule has 1 unspecified atom stereocenters. The molecular weight excluding hydrogens is 394 g/mol. The molecule has 0 spiro atoms. The van der Waals surface area contributed by atoms with Gasteiger partial charge in [-0.15, -0.1) is 5.10 Å². The first-order valence-electron chi connectivity index (χ1n) is 8.90. The zero-order valence-corrected chi connectivity index (χ0v) is 16.5. The molecule has 2 heterocycles. The number of hydrogen-bond acceptors (Lipinski definition) is 5. The summed E-state index contributed by atoms with van der Waals surface area (Å²) in [4.78, 5) is 16.7. The largest absolute Gasteiger partial charge is 0.351 e. The van der Waals surface area contributed by atoms with E-state index in [0.717, 1.165) is 42.0 Å². The molecular formula is C19H24BrN5O.